The Morgan fingerprint density at radius 3 is 2.61 bits per heavy atom. The normalized spacial score (nSPS) is 50.2. The van der Waals surface area contributed by atoms with E-state index in [1.165, 1.54) is 0 Å². The van der Waals surface area contributed by atoms with E-state index in [1.807, 2.05) is 19.9 Å². The number of carbonyl (C=O) groups excluding carboxylic acids is 2. The number of carbonyl (C=O) groups is 2. The van der Waals surface area contributed by atoms with E-state index in [4.69, 9.17) is 11.6 Å². The maximum absolute atomic E-state index is 12.4. The Bertz CT molecular complexity index is 818. The van der Waals surface area contributed by atoms with Crippen molar-refractivity contribution in [2.24, 2.45) is 22.7 Å². The van der Waals surface area contributed by atoms with E-state index < -0.39 is 39.8 Å². The Balaban J connectivity index is 1.83. The lowest BCUT2D eigenvalue weighted by Crippen LogP contribution is -2.68. The quantitative estimate of drug-likeness (QED) is 0.609. The molecule has 7 atom stereocenters. The van der Waals surface area contributed by atoms with Gasteiger partial charge in [-0.15, -0.1) is 11.6 Å². The lowest BCUT2D eigenvalue weighted by atomic mass is 9.45. The van der Waals surface area contributed by atoms with Gasteiger partial charge in [-0.1, -0.05) is 25.5 Å². The van der Waals surface area contributed by atoms with Crippen molar-refractivity contribution in [3.05, 3.63) is 23.3 Å². The zero-order chi connectivity index (χ0) is 20.7. The summed E-state index contributed by atoms with van der Waals surface area (Å²) >= 11 is 7.33. The largest absolute Gasteiger partial charge is 0.391 e. The fourth-order valence-electron chi connectivity index (χ4n) is 7.08. The van der Waals surface area contributed by atoms with Gasteiger partial charge in [0.25, 0.3) is 0 Å². The predicted octanol–water partition coefficient (Wildman–Crippen LogP) is 2.31. The second-order valence-electron chi connectivity index (χ2n) is 9.70. The van der Waals surface area contributed by atoms with E-state index in [1.54, 1.807) is 13.0 Å². The first-order valence-electron chi connectivity index (χ1n) is 10.1. The SMILES string of the molecule is CC1=C[C@@]2(C)C(=CC1=O)CC[C@H]1[C@@H]3CC[C@](O)(C(=O)CO)[C@@]3(C)CC(O)[C@@]12Cl. The van der Waals surface area contributed by atoms with E-state index in [0.29, 0.717) is 24.8 Å². The second kappa shape index (κ2) is 6.00. The summed E-state index contributed by atoms with van der Waals surface area (Å²) in [6.45, 7) is 4.93. The van der Waals surface area contributed by atoms with Crippen LogP contribution in [0.3, 0.4) is 0 Å². The molecule has 0 spiro atoms. The van der Waals surface area contributed by atoms with E-state index in [9.17, 15) is 24.9 Å². The lowest BCUT2D eigenvalue weighted by molar-refractivity contribution is -0.174. The molecule has 0 aromatic rings. The number of hydrogen-bond acceptors (Lipinski definition) is 5. The van der Waals surface area contributed by atoms with Crippen LogP contribution < -0.4 is 0 Å². The van der Waals surface area contributed by atoms with Gasteiger partial charge in [-0.3, -0.25) is 9.59 Å². The molecule has 0 aliphatic heterocycles. The van der Waals surface area contributed by atoms with Crippen molar-refractivity contribution in [2.45, 2.75) is 69.5 Å². The minimum atomic E-state index is -1.64. The molecule has 3 saturated carbocycles. The molecule has 4 aliphatic rings. The number of fused-ring (bicyclic) bond motifs is 5. The molecule has 28 heavy (non-hydrogen) atoms. The number of aliphatic hydroxyl groups is 3. The minimum absolute atomic E-state index is 0.00915. The number of halogens is 1. The predicted molar refractivity (Wildman–Crippen MR) is 105 cm³/mol. The maximum atomic E-state index is 12.4. The van der Waals surface area contributed by atoms with Gasteiger partial charge in [0.15, 0.2) is 11.6 Å². The molecule has 6 heteroatoms. The van der Waals surface area contributed by atoms with E-state index in [-0.39, 0.29) is 30.5 Å². The molecule has 0 heterocycles. The van der Waals surface area contributed by atoms with Crippen LogP contribution in [0, 0.1) is 22.7 Å². The third kappa shape index (κ3) is 2.14. The third-order valence-electron chi connectivity index (χ3n) is 8.70. The third-order valence-corrected chi connectivity index (χ3v) is 9.62. The number of Topliss-reactive ketones (excluding diaryl/α,β-unsaturated/α-hetero) is 1. The summed E-state index contributed by atoms with van der Waals surface area (Å²) in [5.41, 5.74) is -1.55. The highest BCUT2D eigenvalue weighted by Crippen LogP contribution is 2.70. The van der Waals surface area contributed by atoms with E-state index >= 15 is 0 Å². The van der Waals surface area contributed by atoms with Gasteiger partial charge in [0.1, 0.15) is 12.2 Å². The number of allylic oxidation sites excluding steroid dienone is 4. The highest BCUT2D eigenvalue weighted by Gasteiger charge is 2.72. The Hall–Kier alpha value is -1.01. The van der Waals surface area contributed by atoms with Crippen LogP contribution >= 0.6 is 11.6 Å². The zero-order valence-corrected chi connectivity index (χ0v) is 17.4. The number of alkyl halides is 1. The average Bonchev–Trinajstić information content (AvgIpc) is 2.89. The highest BCUT2D eigenvalue weighted by molar-refractivity contribution is 6.26. The van der Waals surface area contributed by atoms with Gasteiger partial charge in [-0.2, -0.15) is 0 Å². The summed E-state index contributed by atoms with van der Waals surface area (Å²) in [4.78, 5) is 23.7. The van der Waals surface area contributed by atoms with E-state index in [2.05, 4.69) is 0 Å². The summed E-state index contributed by atoms with van der Waals surface area (Å²) in [5, 5.41) is 32.0. The van der Waals surface area contributed by atoms with Gasteiger partial charge >= 0.3 is 0 Å². The Morgan fingerprint density at radius 1 is 1.29 bits per heavy atom. The van der Waals surface area contributed by atoms with Crippen molar-refractivity contribution in [3.8, 4) is 0 Å². The van der Waals surface area contributed by atoms with E-state index in [0.717, 1.165) is 5.57 Å². The van der Waals surface area contributed by atoms with Gasteiger partial charge in [-0.25, -0.2) is 0 Å². The average molecular weight is 409 g/mol. The van der Waals surface area contributed by atoms with Crippen LogP contribution in [-0.4, -0.2) is 50.1 Å². The van der Waals surface area contributed by atoms with Crippen LogP contribution in [-0.2, 0) is 9.59 Å². The molecule has 0 radical (unpaired) electrons. The van der Waals surface area contributed by atoms with Crippen molar-refractivity contribution >= 4 is 23.2 Å². The summed E-state index contributed by atoms with van der Waals surface area (Å²) in [7, 11) is 0. The monoisotopic (exact) mass is 408 g/mol. The molecule has 0 amide bonds. The van der Waals surface area contributed by atoms with Crippen molar-refractivity contribution in [3.63, 3.8) is 0 Å². The first-order chi connectivity index (χ1) is 13.0. The lowest BCUT2D eigenvalue weighted by Gasteiger charge is -2.64. The van der Waals surface area contributed by atoms with Crippen LogP contribution in [0.15, 0.2) is 23.3 Å². The van der Waals surface area contributed by atoms with Crippen LogP contribution in [0.1, 0.15) is 52.9 Å². The molecule has 0 saturated heterocycles. The fourth-order valence-corrected chi connectivity index (χ4v) is 7.59. The van der Waals surface area contributed by atoms with Crippen LogP contribution in [0.5, 0.6) is 0 Å². The molecule has 3 N–H and O–H groups in total. The number of ketones is 2. The van der Waals surface area contributed by atoms with Crippen molar-refractivity contribution in [1.82, 2.24) is 0 Å². The molecule has 0 aromatic heterocycles. The first kappa shape index (κ1) is 20.3. The smallest absolute Gasteiger partial charge is 0.190 e. The van der Waals surface area contributed by atoms with Gasteiger partial charge in [0.2, 0.25) is 0 Å². The Morgan fingerprint density at radius 2 is 1.96 bits per heavy atom. The van der Waals surface area contributed by atoms with Crippen molar-refractivity contribution in [2.75, 3.05) is 6.61 Å². The van der Waals surface area contributed by atoms with Gasteiger partial charge in [0.05, 0.1) is 11.0 Å². The second-order valence-corrected chi connectivity index (χ2v) is 10.3. The fraction of sp³-hybridized carbons (Fsp3) is 0.727. The van der Waals surface area contributed by atoms with Gasteiger partial charge in [-0.05, 0) is 62.5 Å². The van der Waals surface area contributed by atoms with Crippen molar-refractivity contribution < 1.29 is 24.9 Å². The maximum Gasteiger partial charge on any atom is 0.190 e. The highest BCUT2D eigenvalue weighted by atomic mass is 35.5. The molecular formula is C22H29ClO5. The topological polar surface area (TPSA) is 94.8 Å². The molecule has 4 aliphatic carbocycles. The summed E-state index contributed by atoms with van der Waals surface area (Å²) in [5.74, 6) is -0.736. The molecule has 1 unspecified atom stereocenters. The zero-order valence-electron chi connectivity index (χ0n) is 16.7. The van der Waals surface area contributed by atoms with Crippen LogP contribution in [0.2, 0.25) is 0 Å². The molecule has 0 bridgehead atoms. The minimum Gasteiger partial charge on any atom is -0.391 e. The molecule has 3 fully saturated rings. The first-order valence-corrected chi connectivity index (χ1v) is 10.5. The summed E-state index contributed by atoms with van der Waals surface area (Å²) in [6.07, 6.45) is 5.12. The number of aliphatic hydroxyl groups excluding tert-OH is 2. The molecule has 4 rings (SSSR count). The van der Waals surface area contributed by atoms with Gasteiger partial charge in [0, 0.05) is 10.8 Å². The Kier molecular flexibility index (Phi) is 4.35. The Labute approximate surface area is 170 Å². The summed E-state index contributed by atoms with van der Waals surface area (Å²) in [6, 6.07) is 0. The molecule has 0 aromatic carbocycles. The van der Waals surface area contributed by atoms with Gasteiger partial charge < -0.3 is 15.3 Å². The number of rotatable bonds is 2. The van der Waals surface area contributed by atoms with Crippen LogP contribution in [0.25, 0.3) is 0 Å². The van der Waals surface area contributed by atoms with Crippen molar-refractivity contribution in [1.29, 1.82) is 0 Å². The summed E-state index contributed by atoms with van der Waals surface area (Å²) < 4.78 is 0. The van der Waals surface area contributed by atoms with Crippen LogP contribution in [0.4, 0.5) is 0 Å². The molecule has 5 nitrogen and oxygen atoms in total. The number of hydrogen-bond donors (Lipinski definition) is 3. The standard InChI is InChI=1S/C22H29ClO5/c1-12-9-19(2)13(8-16(12)25)4-5-15-14-6-7-21(28,18(27)11-24)20(14,3)10-17(26)22(15,19)23/h8-9,14-15,17,24,26,28H,4-7,10-11H2,1-3H3/t14-,15-,17?,19-,20-,21-,22-/m0/s1. The molecule has 154 valence electrons. The molecular weight excluding hydrogens is 380 g/mol.